The number of hydrogen-bond acceptors (Lipinski definition) is 6. The molecule has 0 unspecified atom stereocenters. The van der Waals surface area contributed by atoms with Crippen LogP contribution in [0.25, 0.3) is 0 Å². The predicted molar refractivity (Wildman–Crippen MR) is 96.2 cm³/mol. The van der Waals surface area contributed by atoms with Gasteiger partial charge in [0.2, 0.25) is 5.75 Å². The summed E-state index contributed by atoms with van der Waals surface area (Å²) in [4.78, 5) is 20.1. The molecule has 1 aromatic heterocycles. The summed E-state index contributed by atoms with van der Waals surface area (Å²) < 4.78 is 16.5. The number of nitrogens with zero attached hydrogens (tertiary/aromatic N) is 1. The van der Waals surface area contributed by atoms with Crippen LogP contribution in [0.3, 0.4) is 0 Å². The zero-order valence-electron chi connectivity index (χ0n) is 14.5. The van der Waals surface area contributed by atoms with Crippen LogP contribution >= 0.6 is 12.2 Å². The van der Waals surface area contributed by atoms with E-state index >= 15 is 0 Å². The normalized spacial score (nSPS) is 14.0. The van der Waals surface area contributed by atoms with E-state index in [1.807, 2.05) is 12.1 Å². The van der Waals surface area contributed by atoms with Crippen LogP contribution in [0.1, 0.15) is 16.8 Å². The molecule has 2 N–H and O–H groups in total. The number of nitrogens with one attached hydrogen (secondary N) is 2. The van der Waals surface area contributed by atoms with E-state index in [0.717, 1.165) is 29.8 Å². The number of aromatic nitrogens is 2. The Labute approximate surface area is 150 Å². The minimum atomic E-state index is -0.117. The van der Waals surface area contributed by atoms with Crippen molar-refractivity contribution in [1.82, 2.24) is 14.9 Å². The number of H-pyrrole nitrogens is 2. The highest BCUT2D eigenvalue weighted by Crippen LogP contribution is 2.38. The van der Waals surface area contributed by atoms with Gasteiger partial charge in [-0.15, -0.1) is 0 Å². The van der Waals surface area contributed by atoms with Crippen LogP contribution in [-0.4, -0.2) is 42.7 Å². The third-order valence-electron chi connectivity index (χ3n) is 4.32. The highest BCUT2D eigenvalue weighted by Gasteiger charge is 2.21. The van der Waals surface area contributed by atoms with Crippen LogP contribution < -0.4 is 19.8 Å². The molecule has 0 amide bonds. The second-order valence-electron chi connectivity index (χ2n) is 5.86. The Balaban J connectivity index is 1.86. The summed E-state index contributed by atoms with van der Waals surface area (Å²) in [7, 11) is 4.78. The summed E-state index contributed by atoms with van der Waals surface area (Å²) in [5.41, 5.74) is 2.58. The van der Waals surface area contributed by atoms with Crippen LogP contribution in [-0.2, 0) is 19.5 Å². The van der Waals surface area contributed by atoms with E-state index in [2.05, 4.69) is 14.9 Å². The molecule has 0 saturated heterocycles. The standard InChI is InChI=1S/C17H21N3O4S/c1-22-13-6-10(7-14(23-2)15(13)24-3)8-20-5-4-12-11(9-20)16(21)19-17(25)18-12/h6-7H,4-5,8-9H2,1-3H3,(H2,18,19,21,25). The van der Waals surface area contributed by atoms with Gasteiger partial charge in [0.25, 0.3) is 5.56 Å². The number of rotatable bonds is 5. The van der Waals surface area contributed by atoms with E-state index in [1.165, 1.54) is 0 Å². The molecule has 134 valence electrons. The van der Waals surface area contributed by atoms with Crippen LogP contribution in [0.15, 0.2) is 16.9 Å². The molecule has 0 radical (unpaired) electrons. The third-order valence-corrected chi connectivity index (χ3v) is 4.52. The van der Waals surface area contributed by atoms with Crippen molar-refractivity contribution in [3.63, 3.8) is 0 Å². The highest BCUT2D eigenvalue weighted by atomic mass is 32.1. The number of hydrogen-bond donors (Lipinski definition) is 2. The maximum atomic E-state index is 12.1. The number of aromatic amines is 2. The van der Waals surface area contributed by atoms with Gasteiger partial charge in [-0.2, -0.15) is 0 Å². The molecule has 0 bridgehead atoms. The minimum Gasteiger partial charge on any atom is -0.493 e. The quantitative estimate of drug-likeness (QED) is 0.791. The van der Waals surface area contributed by atoms with E-state index < -0.39 is 0 Å². The van der Waals surface area contributed by atoms with Crippen molar-refractivity contribution in [2.45, 2.75) is 19.5 Å². The molecule has 2 aromatic rings. The Hall–Kier alpha value is -2.32. The lowest BCUT2D eigenvalue weighted by Crippen LogP contribution is -2.35. The molecule has 3 rings (SSSR count). The zero-order chi connectivity index (χ0) is 18.0. The topological polar surface area (TPSA) is 79.6 Å². The van der Waals surface area contributed by atoms with Gasteiger partial charge in [-0.05, 0) is 29.9 Å². The molecule has 0 spiro atoms. The molecule has 0 fully saturated rings. The van der Waals surface area contributed by atoms with E-state index in [9.17, 15) is 4.79 Å². The van der Waals surface area contributed by atoms with Crippen molar-refractivity contribution in [3.8, 4) is 17.2 Å². The van der Waals surface area contributed by atoms with Gasteiger partial charge in [0, 0.05) is 31.7 Å². The summed E-state index contributed by atoms with van der Waals surface area (Å²) in [5.74, 6) is 1.81. The van der Waals surface area contributed by atoms with Gasteiger partial charge < -0.3 is 19.2 Å². The second-order valence-corrected chi connectivity index (χ2v) is 6.27. The van der Waals surface area contributed by atoms with Gasteiger partial charge in [-0.25, -0.2) is 0 Å². The Morgan fingerprint density at radius 2 is 1.80 bits per heavy atom. The number of benzene rings is 1. The van der Waals surface area contributed by atoms with Gasteiger partial charge in [0.05, 0.1) is 26.9 Å². The van der Waals surface area contributed by atoms with E-state index in [4.69, 9.17) is 26.4 Å². The Morgan fingerprint density at radius 3 is 2.40 bits per heavy atom. The van der Waals surface area contributed by atoms with Crippen molar-refractivity contribution in [2.75, 3.05) is 27.9 Å². The average Bonchev–Trinajstić information content (AvgIpc) is 2.61. The fourth-order valence-electron chi connectivity index (χ4n) is 3.13. The first kappa shape index (κ1) is 17.5. The third kappa shape index (κ3) is 3.54. The van der Waals surface area contributed by atoms with Crippen molar-refractivity contribution in [3.05, 3.63) is 44.1 Å². The number of fused-ring (bicyclic) bond motifs is 1. The van der Waals surface area contributed by atoms with Crippen LogP contribution in [0.5, 0.6) is 17.2 Å². The summed E-state index contributed by atoms with van der Waals surface area (Å²) in [6.45, 7) is 2.07. The van der Waals surface area contributed by atoms with Gasteiger partial charge in [-0.1, -0.05) is 0 Å². The largest absolute Gasteiger partial charge is 0.493 e. The second kappa shape index (κ2) is 7.28. The van der Waals surface area contributed by atoms with Gasteiger partial charge in [0.1, 0.15) is 0 Å². The lowest BCUT2D eigenvalue weighted by Gasteiger charge is -2.28. The summed E-state index contributed by atoms with van der Waals surface area (Å²) in [6.07, 6.45) is 0.757. The molecular weight excluding hydrogens is 342 g/mol. The van der Waals surface area contributed by atoms with Crippen LogP contribution in [0, 0.1) is 4.77 Å². The molecule has 2 heterocycles. The molecule has 25 heavy (non-hydrogen) atoms. The molecule has 1 aliphatic rings. The van der Waals surface area contributed by atoms with Gasteiger partial charge in [-0.3, -0.25) is 14.7 Å². The smallest absolute Gasteiger partial charge is 0.256 e. The highest BCUT2D eigenvalue weighted by molar-refractivity contribution is 7.71. The maximum absolute atomic E-state index is 12.1. The SMILES string of the molecule is COc1cc(CN2CCc3[nH]c(=S)[nH]c(=O)c3C2)cc(OC)c1OC. The van der Waals surface area contributed by atoms with Crippen LogP contribution in [0.2, 0.25) is 0 Å². The molecule has 1 aliphatic heterocycles. The average molecular weight is 363 g/mol. The molecule has 8 heteroatoms. The summed E-state index contributed by atoms with van der Waals surface area (Å²) in [5, 5.41) is 0. The fourth-order valence-corrected chi connectivity index (χ4v) is 3.35. The minimum absolute atomic E-state index is 0.117. The maximum Gasteiger partial charge on any atom is 0.256 e. The lowest BCUT2D eigenvalue weighted by atomic mass is 10.1. The van der Waals surface area contributed by atoms with Crippen LogP contribution in [0.4, 0.5) is 0 Å². The summed E-state index contributed by atoms with van der Waals surface area (Å²) >= 11 is 5.03. The summed E-state index contributed by atoms with van der Waals surface area (Å²) in [6, 6.07) is 3.86. The van der Waals surface area contributed by atoms with E-state index in [0.29, 0.717) is 35.1 Å². The van der Waals surface area contributed by atoms with Crippen molar-refractivity contribution in [2.24, 2.45) is 0 Å². The molecule has 7 nitrogen and oxygen atoms in total. The lowest BCUT2D eigenvalue weighted by molar-refractivity contribution is 0.240. The fraction of sp³-hybridized carbons (Fsp3) is 0.412. The first-order valence-electron chi connectivity index (χ1n) is 7.91. The van der Waals surface area contributed by atoms with Crippen molar-refractivity contribution < 1.29 is 14.2 Å². The van der Waals surface area contributed by atoms with Gasteiger partial charge >= 0.3 is 0 Å². The Kier molecular flexibility index (Phi) is 5.10. The van der Waals surface area contributed by atoms with E-state index in [-0.39, 0.29) is 5.56 Å². The monoisotopic (exact) mass is 363 g/mol. The number of methoxy groups -OCH3 is 3. The molecule has 0 aliphatic carbocycles. The molecule has 0 saturated carbocycles. The van der Waals surface area contributed by atoms with Gasteiger partial charge in [0.15, 0.2) is 16.3 Å². The molecule has 0 atom stereocenters. The zero-order valence-corrected chi connectivity index (χ0v) is 15.3. The first-order chi connectivity index (χ1) is 12.0. The van der Waals surface area contributed by atoms with Crippen molar-refractivity contribution >= 4 is 12.2 Å². The molecular formula is C17H21N3O4S. The van der Waals surface area contributed by atoms with Crippen molar-refractivity contribution in [1.29, 1.82) is 0 Å². The Bertz CT molecular complexity index is 865. The first-order valence-corrected chi connectivity index (χ1v) is 8.32. The predicted octanol–water partition coefficient (Wildman–Crippen LogP) is 2.02. The van der Waals surface area contributed by atoms with E-state index in [1.54, 1.807) is 21.3 Å². The Morgan fingerprint density at radius 1 is 1.12 bits per heavy atom. The number of ether oxygens (including phenoxy) is 3. The molecule has 1 aromatic carbocycles.